The number of carbonyl (C=O) groups excluding carboxylic acids is 4. The van der Waals surface area contributed by atoms with E-state index in [0.717, 1.165) is 16.5 Å². The molecule has 1 spiro atoms. The number of nitrogens with zero attached hydrogens (tertiary/aromatic N) is 2. The minimum absolute atomic E-state index is 0.0265. The Balaban J connectivity index is 1.12. The zero-order chi connectivity index (χ0) is 41.3. The lowest BCUT2D eigenvalue weighted by atomic mass is 9.85. The average molecular weight is 828 g/mol. The summed E-state index contributed by atoms with van der Waals surface area (Å²) in [5.41, 5.74) is -2.54. The Labute approximate surface area is 336 Å². The number of pyridine rings is 1. The third kappa shape index (κ3) is 7.31. The van der Waals surface area contributed by atoms with E-state index in [4.69, 9.17) is 14.5 Å². The van der Waals surface area contributed by atoms with Crippen molar-refractivity contribution in [2.75, 3.05) is 6.54 Å². The number of aryl methyl sites for hydroxylation is 2. The van der Waals surface area contributed by atoms with Crippen molar-refractivity contribution in [1.29, 1.82) is 0 Å². The molecule has 0 bridgehead atoms. The highest BCUT2D eigenvalue weighted by molar-refractivity contribution is 7.91. The molecule has 2 aromatic rings. The van der Waals surface area contributed by atoms with Crippen molar-refractivity contribution in [3.05, 3.63) is 47.7 Å². The highest BCUT2D eigenvalue weighted by atomic mass is 32.2. The Kier molecular flexibility index (Phi) is 10.3. The first-order chi connectivity index (χ1) is 27.4. The highest BCUT2D eigenvalue weighted by Gasteiger charge is 2.64. The molecule has 58 heavy (non-hydrogen) atoms. The number of sulfonamides is 1. The summed E-state index contributed by atoms with van der Waals surface area (Å²) in [5, 5.41) is 0.936. The zero-order valence-corrected chi connectivity index (χ0v) is 33.9. The third-order valence-corrected chi connectivity index (χ3v) is 16.2. The second kappa shape index (κ2) is 14.6. The van der Waals surface area contributed by atoms with Gasteiger partial charge < -0.3 is 14.4 Å². The van der Waals surface area contributed by atoms with Crippen LogP contribution in [0.25, 0.3) is 10.9 Å². The Morgan fingerprint density at radius 1 is 1.02 bits per heavy atom. The minimum Gasteiger partial charge on any atom is -0.483 e. The fraction of sp³-hybridized carbons (Fsp3) is 0.651. The lowest BCUT2D eigenvalue weighted by molar-refractivity contribution is -0.268. The number of hydrogen-bond donors (Lipinski definition) is 1. The highest BCUT2D eigenvalue weighted by Crippen LogP contribution is 2.58. The SMILES string of the molecule is Cc1nc2ccccc2c2c1O[C@]1(CC2)C[C@H]2C(=O)C[C@]3(C(=O)NS(=O)(=O)C4(C)CC4)C[C@H]3/C=C\CCCCC[C@H](CC(=O)OC3(C(F)(F)F)CCCC3)C(=O)N2C1. The second-order valence-electron chi connectivity index (χ2n) is 18.1. The molecule has 6 aliphatic rings. The lowest BCUT2D eigenvalue weighted by Crippen LogP contribution is -2.49. The van der Waals surface area contributed by atoms with Gasteiger partial charge in [0.2, 0.25) is 27.4 Å². The number of ketones is 1. The van der Waals surface area contributed by atoms with Gasteiger partial charge >= 0.3 is 12.1 Å². The Morgan fingerprint density at radius 2 is 1.76 bits per heavy atom. The second-order valence-corrected chi connectivity index (χ2v) is 20.3. The van der Waals surface area contributed by atoms with Crippen LogP contribution in [0.2, 0.25) is 0 Å². The van der Waals surface area contributed by atoms with Gasteiger partial charge in [-0.1, -0.05) is 43.2 Å². The summed E-state index contributed by atoms with van der Waals surface area (Å²) in [4.78, 5) is 63.4. The predicted octanol–water partition coefficient (Wildman–Crippen LogP) is 7.12. The number of ether oxygens (including phenoxy) is 2. The maximum Gasteiger partial charge on any atom is 0.428 e. The molecule has 1 saturated heterocycles. The fourth-order valence-corrected chi connectivity index (χ4v) is 11.3. The van der Waals surface area contributed by atoms with E-state index in [9.17, 15) is 40.8 Å². The number of aromatic nitrogens is 1. The first kappa shape index (κ1) is 40.8. The summed E-state index contributed by atoms with van der Waals surface area (Å²) in [7, 11) is -4.01. The van der Waals surface area contributed by atoms with Gasteiger partial charge in [0.15, 0.2) is 5.78 Å². The van der Waals surface area contributed by atoms with Crippen LogP contribution < -0.4 is 9.46 Å². The molecule has 3 aliphatic heterocycles. The number of Topliss-reactive ketones (excluding diaryl/α,β-unsaturated/α-hetero) is 1. The number of benzene rings is 1. The van der Waals surface area contributed by atoms with E-state index in [1.807, 2.05) is 43.3 Å². The van der Waals surface area contributed by atoms with Crippen molar-refractivity contribution in [3.63, 3.8) is 0 Å². The molecule has 15 heteroatoms. The molecule has 1 aromatic carbocycles. The van der Waals surface area contributed by atoms with Gasteiger partial charge in [-0.25, -0.2) is 13.4 Å². The average Bonchev–Trinajstić information content (AvgIpc) is 3.97. The molecule has 2 amide bonds. The van der Waals surface area contributed by atoms with E-state index >= 15 is 0 Å². The molecule has 3 aliphatic carbocycles. The van der Waals surface area contributed by atoms with E-state index in [2.05, 4.69) is 4.72 Å². The van der Waals surface area contributed by atoms with Crippen LogP contribution in [0.4, 0.5) is 13.2 Å². The van der Waals surface area contributed by atoms with Crippen LogP contribution in [0.1, 0.15) is 121 Å². The monoisotopic (exact) mass is 827 g/mol. The van der Waals surface area contributed by atoms with Gasteiger partial charge in [0, 0.05) is 29.7 Å². The quantitative estimate of drug-likeness (QED) is 0.238. The topological polar surface area (TPSA) is 149 Å². The number of halogens is 3. The number of amides is 2. The molecule has 314 valence electrons. The predicted molar refractivity (Wildman–Crippen MR) is 207 cm³/mol. The summed E-state index contributed by atoms with van der Waals surface area (Å²) >= 11 is 0. The van der Waals surface area contributed by atoms with Crippen molar-refractivity contribution in [3.8, 4) is 5.75 Å². The molecule has 4 heterocycles. The summed E-state index contributed by atoms with van der Waals surface area (Å²) in [6.45, 7) is 3.40. The van der Waals surface area contributed by atoms with Crippen molar-refractivity contribution in [2.24, 2.45) is 17.3 Å². The van der Waals surface area contributed by atoms with Crippen molar-refractivity contribution >= 4 is 44.5 Å². The Hall–Kier alpha value is -4.01. The maximum atomic E-state index is 14.9. The molecule has 8 rings (SSSR count). The molecule has 0 radical (unpaired) electrons. The number of hydrogen-bond acceptors (Lipinski definition) is 9. The van der Waals surface area contributed by atoms with Crippen molar-refractivity contribution in [2.45, 2.75) is 151 Å². The third-order valence-electron chi connectivity index (χ3n) is 14.0. The van der Waals surface area contributed by atoms with Gasteiger partial charge in [-0.3, -0.25) is 23.9 Å². The van der Waals surface area contributed by atoms with Gasteiger partial charge in [0.1, 0.15) is 11.4 Å². The number of fused-ring (bicyclic) bond motifs is 5. The standard InChI is InChI=1S/C43H52F3N3O8S/c1-27-36-31(30-14-8-9-15-32(30)47-27)16-19-40(57-36)24-33-34(50)25-41(38(53)48-58(54,55)39(2)20-21-39)23-29(41)13-7-5-3-4-6-12-28(37(52)49(33)26-40)22-35(51)56-42(43(44,45)46)17-10-11-18-42/h7-9,13-15,28-29,33H,3-6,10-12,16-26H2,1-2H3,(H,48,53)/b13-7-/t28-,29-,33+,40-,41-/m1/s1. The van der Waals surface area contributed by atoms with E-state index < -0.39 is 79.5 Å². The normalized spacial score (nSPS) is 31.3. The van der Waals surface area contributed by atoms with E-state index in [-0.39, 0.29) is 63.8 Å². The fourth-order valence-electron chi connectivity index (χ4n) is 9.96. The Bertz CT molecular complexity index is 2160. The van der Waals surface area contributed by atoms with Crippen LogP contribution in [-0.2, 0) is 40.4 Å². The van der Waals surface area contributed by atoms with Crippen LogP contribution in [0.15, 0.2) is 36.4 Å². The van der Waals surface area contributed by atoms with Crippen LogP contribution >= 0.6 is 0 Å². The smallest absolute Gasteiger partial charge is 0.428 e. The number of esters is 1. The van der Waals surface area contributed by atoms with Crippen LogP contribution in [0.3, 0.4) is 0 Å². The molecule has 0 unspecified atom stereocenters. The summed E-state index contributed by atoms with van der Waals surface area (Å²) in [5.74, 6) is -3.71. The molecular formula is C43H52F3N3O8S. The summed E-state index contributed by atoms with van der Waals surface area (Å²) in [6.07, 6.45) is 2.91. The number of allylic oxidation sites excluding steroid dienone is 2. The van der Waals surface area contributed by atoms with Crippen LogP contribution in [0, 0.1) is 24.2 Å². The molecular weight excluding hydrogens is 776 g/mol. The molecule has 4 fully saturated rings. The number of alkyl halides is 3. The van der Waals surface area contributed by atoms with Gasteiger partial charge in [-0.2, -0.15) is 13.2 Å². The van der Waals surface area contributed by atoms with Gasteiger partial charge in [0.25, 0.3) is 0 Å². The van der Waals surface area contributed by atoms with Gasteiger partial charge in [-0.15, -0.1) is 0 Å². The molecule has 11 nitrogen and oxygen atoms in total. The van der Waals surface area contributed by atoms with Crippen molar-refractivity contribution in [1.82, 2.24) is 14.6 Å². The number of nitrogens with one attached hydrogen (secondary N) is 1. The van der Waals surface area contributed by atoms with Crippen molar-refractivity contribution < 1.29 is 50.2 Å². The number of carbonyl (C=O) groups is 4. The van der Waals surface area contributed by atoms with Gasteiger partial charge in [0.05, 0.1) is 40.4 Å². The summed E-state index contributed by atoms with van der Waals surface area (Å²) in [6, 6.07) is 6.62. The van der Waals surface area contributed by atoms with E-state index in [0.29, 0.717) is 62.8 Å². The van der Waals surface area contributed by atoms with Crippen LogP contribution in [0.5, 0.6) is 5.75 Å². The first-order valence-corrected chi connectivity index (χ1v) is 22.3. The lowest BCUT2D eigenvalue weighted by Gasteiger charge is -2.37. The Morgan fingerprint density at radius 3 is 2.48 bits per heavy atom. The molecule has 1 N–H and O–H groups in total. The maximum absolute atomic E-state index is 14.9. The van der Waals surface area contributed by atoms with Gasteiger partial charge in [-0.05, 0) is 103 Å². The van der Waals surface area contributed by atoms with Crippen LogP contribution in [-0.4, -0.2) is 76.6 Å². The van der Waals surface area contributed by atoms with E-state index in [1.165, 1.54) is 4.90 Å². The minimum atomic E-state index is -4.76. The largest absolute Gasteiger partial charge is 0.483 e. The zero-order valence-electron chi connectivity index (χ0n) is 33.1. The number of para-hydroxylation sites is 1. The molecule has 3 saturated carbocycles. The molecule has 5 atom stereocenters. The molecule has 1 aromatic heterocycles. The van der Waals surface area contributed by atoms with E-state index in [1.54, 1.807) is 6.92 Å². The number of rotatable bonds is 6. The first-order valence-electron chi connectivity index (χ1n) is 20.8. The summed E-state index contributed by atoms with van der Waals surface area (Å²) < 4.78 is 82.7.